The number of nitrogens with two attached hydrogens (primary N) is 1. The largest absolute Gasteiger partial charge is 0.416 e. The molecule has 3 nitrogen and oxygen atoms in total. The standard InChI is InChI=1S/C7H6F3NO2S.ClH/c8-7(9,10)5-1-3-6(4-2-5)14(11,12)13;/h1-4H,(H2,11,12,13);1H. The molecule has 0 unspecified atom stereocenters. The van der Waals surface area contributed by atoms with Crippen molar-refractivity contribution in [2.24, 2.45) is 5.14 Å². The van der Waals surface area contributed by atoms with Gasteiger partial charge in [-0.05, 0) is 24.3 Å². The van der Waals surface area contributed by atoms with E-state index in [9.17, 15) is 21.6 Å². The summed E-state index contributed by atoms with van der Waals surface area (Å²) in [5.74, 6) is 0. The molecule has 0 aromatic heterocycles. The molecule has 8 heteroatoms. The van der Waals surface area contributed by atoms with Gasteiger partial charge in [0.2, 0.25) is 10.0 Å². The number of hydrogen-bond donors (Lipinski definition) is 1. The van der Waals surface area contributed by atoms with Crippen LogP contribution in [0.1, 0.15) is 5.56 Å². The number of sulfonamides is 1. The highest BCUT2D eigenvalue weighted by Gasteiger charge is 2.30. The fraction of sp³-hybridized carbons (Fsp3) is 0.143. The number of primary sulfonamides is 1. The summed E-state index contributed by atoms with van der Waals surface area (Å²) in [5, 5.41) is 4.71. The van der Waals surface area contributed by atoms with Gasteiger partial charge >= 0.3 is 6.18 Å². The molecular formula is C7H7ClF3NO2S. The molecule has 0 fully saturated rings. The predicted octanol–water partition coefficient (Wildman–Crippen LogP) is 1.77. The van der Waals surface area contributed by atoms with Gasteiger partial charge in [-0.25, -0.2) is 13.6 Å². The van der Waals surface area contributed by atoms with Crippen LogP contribution in [-0.4, -0.2) is 8.42 Å². The monoisotopic (exact) mass is 261 g/mol. The zero-order valence-electron chi connectivity index (χ0n) is 7.15. The molecule has 0 aliphatic rings. The van der Waals surface area contributed by atoms with E-state index in [0.717, 1.165) is 12.1 Å². The van der Waals surface area contributed by atoms with E-state index in [2.05, 4.69) is 0 Å². The summed E-state index contributed by atoms with van der Waals surface area (Å²) in [6, 6.07) is 2.97. The molecule has 0 atom stereocenters. The highest BCUT2D eigenvalue weighted by Crippen LogP contribution is 2.29. The van der Waals surface area contributed by atoms with Gasteiger partial charge in [0.1, 0.15) is 0 Å². The summed E-state index contributed by atoms with van der Waals surface area (Å²) in [4.78, 5) is -0.342. The van der Waals surface area contributed by atoms with Gasteiger partial charge in [-0.3, -0.25) is 0 Å². The maximum atomic E-state index is 12.0. The molecule has 1 aromatic carbocycles. The van der Waals surface area contributed by atoms with Crippen molar-refractivity contribution in [2.45, 2.75) is 11.1 Å². The Labute approximate surface area is 90.5 Å². The first-order valence-corrected chi connectivity index (χ1v) is 4.96. The molecule has 0 saturated carbocycles. The molecule has 2 N–H and O–H groups in total. The Morgan fingerprint density at radius 2 is 1.47 bits per heavy atom. The first-order valence-electron chi connectivity index (χ1n) is 3.41. The van der Waals surface area contributed by atoms with Crippen molar-refractivity contribution in [3.05, 3.63) is 29.8 Å². The molecule has 15 heavy (non-hydrogen) atoms. The van der Waals surface area contributed by atoms with Gasteiger partial charge in [0.15, 0.2) is 0 Å². The fourth-order valence-corrected chi connectivity index (χ4v) is 1.35. The molecule has 1 aromatic rings. The summed E-state index contributed by atoms with van der Waals surface area (Å²) >= 11 is 0. The van der Waals surface area contributed by atoms with Crippen molar-refractivity contribution in [3.63, 3.8) is 0 Å². The van der Waals surface area contributed by atoms with Gasteiger partial charge in [-0.2, -0.15) is 13.2 Å². The minimum atomic E-state index is -4.48. The lowest BCUT2D eigenvalue weighted by Crippen LogP contribution is -2.12. The maximum Gasteiger partial charge on any atom is 0.416 e. The minimum absolute atomic E-state index is 0. The maximum absolute atomic E-state index is 12.0. The molecule has 0 saturated heterocycles. The average Bonchev–Trinajstić information content (AvgIpc) is 2.01. The summed E-state index contributed by atoms with van der Waals surface area (Å²) in [5.41, 5.74) is -0.912. The SMILES string of the molecule is Cl.NS(=O)(=O)c1ccc(C(F)(F)F)cc1. The number of rotatable bonds is 1. The van der Waals surface area contributed by atoms with E-state index in [1.54, 1.807) is 0 Å². The summed E-state index contributed by atoms with van der Waals surface area (Å²) in [6.45, 7) is 0. The van der Waals surface area contributed by atoms with E-state index in [1.807, 2.05) is 0 Å². The van der Waals surface area contributed by atoms with E-state index in [0.29, 0.717) is 12.1 Å². The van der Waals surface area contributed by atoms with Crippen LogP contribution in [0.5, 0.6) is 0 Å². The number of hydrogen-bond acceptors (Lipinski definition) is 2. The third kappa shape index (κ3) is 3.69. The second-order valence-electron chi connectivity index (χ2n) is 2.57. The Morgan fingerprint density at radius 3 is 1.73 bits per heavy atom. The van der Waals surface area contributed by atoms with Gasteiger partial charge < -0.3 is 0 Å². The van der Waals surface area contributed by atoms with E-state index in [1.165, 1.54) is 0 Å². The molecule has 0 amide bonds. The van der Waals surface area contributed by atoms with Crippen molar-refractivity contribution in [2.75, 3.05) is 0 Å². The van der Waals surface area contributed by atoms with Crippen molar-refractivity contribution in [1.29, 1.82) is 0 Å². The topological polar surface area (TPSA) is 60.2 Å². The lowest BCUT2D eigenvalue weighted by atomic mass is 10.2. The van der Waals surface area contributed by atoms with E-state index < -0.39 is 21.8 Å². The number of benzene rings is 1. The third-order valence-corrected chi connectivity index (χ3v) is 2.44. The normalized spacial score (nSPS) is 12.0. The minimum Gasteiger partial charge on any atom is -0.225 e. The van der Waals surface area contributed by atoms with Crippen LogP contribution in [0.2, 0.25) is 0 Å². The fourth-order valence-electron chi connectivity index (χ4n) is 0.834. The Bertz CT molecular complexity index is 427. The van der Waals surface area contributed by atoms with Crippen molar-refractivity contribution >= 4 is 22.4 Å². The Morgan fingerprint density at radius 1 is 1.07 bits per heavy atom. The van der Waals surface area contributed by atoms with Crippen LogP contribution in [-0.2, 0) is 16.2 Å². The highest BCUT2D eigenvalue weighted by molar-refractivity contribution is 7.89. The average molecular weight is 262 g/mol. The Balaban J connectivity index is 0.00000196. The van der Waals surface area contributed by atoms with Crippen LogP contribution < -0.4 is 5.14 Å². The van der Waals surface area contributed by atoms with Crippen molar-refractivity contribution < 1.29 is 21.6 Å². The zero-order chi connectivity index (χ0) is 11.0. The van der Waals surface area contributed by atoms with E-state index in [4.69, 9.17) is 5.14 Å². The first-order chi connectivity index (χ1) is 6.21. The van der Waals surface area contributed by atoms with Gasteiger partial charge in [0.25, 0.3) is 0 Å². The van der Waals surface area contributed by atoms with Crippen LogP contribution in [0.4, 0.5) is 13.2 Å². The van der Waals surface area contributed by atoms with E-state index >= 15 is 0 Å². The predicted molar refractivity (Wildman–Crippen MR) is 50.1 cm³/mol. The van der Waals surface area contributed by atoms with Gasteiger partial charge in [0.05, 0.1) is 10.5 Å². The Kier molecular flexibility index (Phi) is 4.15. The van der Waals surface area contributed by atoms with Crippen LogP contribution in [0.25, 0.3) is 0 Å². The first kappa shape index (κ1) is 14.2. The molecular weight excluding hydrogens is 255 g/mol. The van der Waals surface area contributed by atoms with Gasteiger partial charge in [-0.15, -0.1) is 12.4 Å². The molecule has 1 rings (SSSR count). The van der Waals surface area contributed by atoms with Crippen LogP contribution in [0.3, 0.4) is 0 Å². The third-order valence-electron chi connectivity index (χ3n) is 1.51. The van der Waals surface area contributed by atoms with Crippen LogP contribution >= 0.6 is 12.4 Å². The second kappa shape index (κ2) is 4.38. The summed E-state index contributed by atoms with van der Waals surface area (Å²) in [7, 11) is -3.93. The molecule has 0 spiro atoms. The molecule has 0 aliphatic heterocycles. The molecule has 86 valence electrons. The lowest BCUT2D eigenvalue weighted by Gasteiger charge is -2.06. The van der Waals surface area contributed by atoms with Crippen LogP contribution in [0, 0.1) is 0 Å². The molecule has 0 heterocycles. The van der Waals surface area contributed by atoms with Crippen LogP contribution in [0.15, 0.2) is 29.2 Å². The zero-order valence-corrected chi connectivity index (χ0v) is 8.79. The molecule has 0 aliphatic carbocycles. The van der Waals surface area contributed by atoms with E-state index in [-0.39, 0.29) is 17.3 Å². The summed E-state index contributed by atoms with van der Waals surface area (Å²) < 4.78 is 57.5. The smallest absolute Gasteiger partial charge is 0.225 e. The highest BCUT2D eigenvalue weighted by atomic mass is 35.5. The molecule has 0 radical (unpaired) electrons. The number of halogens is 4. The second-order valence-corrected chi connectivity index (χ2v) is 4.13. The van der Waals surface area contributed by atoms with Gasteiger partial charge in [0, 0.05) is 0 Å². The Hall–Kier alpha value is -0.790. The molecule has 0 bridgehead atoms. The quantitative estimate of drug-likeness (QED) is 0.838. The summed E-state index contributed by atoms with van der Waals surface area (Å²) in [6.07, 6.45) is -4.48. The van der Waals surface area contributed by atoms with Crippen molar-refractivity contribution in [3.8, 4) is 0 Å². The lowest BCUT2D eigenvalue weighted by molar-refractivity contribution is -0.137. The van der Waals surface area contributed by atoms with Gasteiger partial charge in [-0.1, -0.05) is 0 Å². The van der Waals surface area contributed by atoms with Crippen molar-refractivity contribution in [1.82, 2.24) is 0 Å². The number of alkyl halides is 3.